The molecule has 0 radical (unpaired) electrons. The van der Waals surface area contributed by atoms with Crippen LogP contribution in [-0.2, 0) is 28.6 Å². The standard InChI is InChI=1S/C31H53NO7/c1-6-8-10-12-14-16-18-20-22-30(34)39-27(25-37-24-23-28(31(35)36)32(3,4)5)26-38-29(33)21-19-17-15-13-11-9-7-2/h9,11,15-18,27-28H,6-8,10,12-14,19-26H2,1-5H3/p+1/b11-9+,17-15+,18-16+. The summed E-state index contributed by atoms with van der Waals surface area (Å²) in [7, 11) is 5.46. The number of ether oxygens (including phenoxy) is 3. The highest BCUT2D eigenvalue weighted by atomic mass is 16.6. The highest BCUT2D eigenvalue weighted by Crippen LogP contribution is 2.10. The summed E-state index contributed by atoms with van der Waals surface area (Å²) in [6.07, 6.45) is 21.1. The van der Waals surface area contributed by atoms with E-state index in [1.165, 1.54) is 19.3 Å². The predicted molar refractivity (Wildman–Crippen MR) is 155 cm³/mol. The second kappa shape index (κ2) is 23.4. The van der Waals surface area contributed by atoms with Gasteiger partial charge in [-0.3, -0.25) is 9.59 Å². The quantitative estimate of drug-likeness (QED) is 0.0678. The van der Waals surface area contributed by atoms with Crippen molar-refractivity contribution in [2.45, 2.75) is 103 Å². The van der Waals surface area contributed by atoms with E-state index in [0.717, 1.165) is 25.7 Å². The van der Waals surface area contributed by atoms with Crippen LogP contribution >= 0.6 is 0 Å². The van der Waals surface area contributed by atoms with E-state index in [4.69, 9.17) is 14.2 Å². The van der Waals surface area contributed by atoms with Crippen LogP contribution in [0.25, 0.3) is 0 Å². The fourth-order valence-electron chi connectivity index (χ4n) is 3.75. The minimum Gasteiger partial charge on any atom is -0.477 e. The molecule has 0 rings (SSSR count). The third kappa shape index (κ3) is 22.1. The number of allylic oxidation sites excluding steroid dienone is 6. The largest absolute Gasteiger partial charge is 0.477 e. The molecule has 0 aliphatic heterocycles. The van der Waals surface area contributed by atoms with Gasteiger partial charge < -0.3 is 23.8 Å². The number of hydrogen-bond donors (Lipinski definition) is 1. The van der Waals surface area contributed by atoms with Crippen LogP contribution in [0.4, 0.5) is 0 Å². The van der Waals surface area contributed by atoms with Crippen LogP contribution in [0.15, 0.2) is 36.5 Å². The van der Waals surface area contributed by atoms with Crippen LogP contribution in [0, 0.1) is 0 Å². The zero-order chi connectivity index (χ0) is 29.4. The molecule has 0 saturated heterocycles. The summed E-state index contributed by atoms with van der Waals surface area (Å²) in [4.78, 5) is 36.2. The summed E-state index contributed by atoms with van der Waals surface area (Å²) >= 11 is 0. The molecule has 0 heterocycles. The summed E-state index contributed by atoms with van der Waals surface area (Å²) < 4.78 is 16.8. The molecule has 8 nitrogen and oxygen atoms in total. The monoisotopic (exact) mass is 552 g/mol. The first-order valence-electron chi connectivity index (χ1n) is 14.5. The molecular formula is C31H54NO7+. The second-order valence-corrected chi connectivity index (χ2v) is 10.6. The number of carbonyl (C=O) groups is 3. The van der Waals surface area contributed by atoms with Gasteiger partial charge in [0.1, 0.15) is 6.61 Å². The molecule has 2 atom stereocenters. The maximum absolute atomic E-state index is 12.4. The van der Waals surface area contributed by atoms with Gasteiger partial charge in [0.15, 0.2) is 12.1 Å². The van der Waals surface area contributed by atoms with Crippen LogP contribution in [0.1, 0.15) is 90.9 Å². The summed E-state index contributed by atoms with van der Waals surface area (Å²) in [5.74, 6) is -1.64. The van der Waals surface area contributed by atoms with E-state index in [0.29, 0.717) is 19.3 Å². The van der Waals surface area contributed by atoms with E-state index in [1.54, 1.807) is 0 Å². The van der Waals surface area contributed by atoms with Gasteiger partial charge in [-0.2, -0.15) is 0 Å². The lowest BCUT2D eigenvalue weighted by atomic mass is 10.1. The Morgan fingerprint density at radius 2 is 1.44 bits per heavy atom. The Morgan fingerprint density at radius 3 is 2.08 bits per heavy atom. The van der Waals surface area contributed by atoms with E-state index >= 15 is 0 Å². The van der Waals surface area contributed by atoms with Gasteiger partial charge in [0.2, 0.25) is 0 Å². The van der Waals surface area contributed by atoms with E-state index in [9.17, 15) is 19.5 Å². The number of quaternary nitrogens is 1. The molecule has 0 aliphatic rings. The molecule has 39 heavy (non-hydrogen) atoms. The molecule has 0 aromatic rings. The second-order valence-electron chi connectivity index (χ2n) is 10.6. The Bertz CT molecular complexity index is 753. The van der Waals surface area contributed by atoms with E-state index in [1.807, 2.05) is 39.4 Å². The first-order valence-corrected chi connectivity index (χ1v) is 14.5. The molecule has 8 heteroatoms. The maximum Gasteiger partial charge on any atom is 0.362 e. The molecule has 0 bridgehead atoms. The first kappa shape index (κ1) is 36.5. The average Bonchev–Trinajstić information content (AvgIpc) is 2.86. The number of aliphatic carboxylic acids is 1. The van der Waals surface area contributed by atoms with E-state index in [-0.39, 0.29) is 49.1 Å². The number of esters is 2. The third-order valence-electron chi connectivity index (χ3n) is 6.05. The smallest absolute Gasteiger partial charge is 0.362 e. The number of carboxylic acids is 1. The lowest BCUT2D eigenvalue weighted by molar-refractivity contribution is -0.887. The number of unbranched alkanes of at least 4 members (excludes halogenated alkanes) is 4. The van der Waals surface area contributed by atoms with Crippen molar-refractivity contribution >= 4 is 17.9 Å². The Labute approximate surface area is 236 Å². The van der Waals surface area contributed by atoms with Crippen molar-refractivity contribution in [2.24, 2.45) is 0 Å². The van der Waals surface area contributed by atoms with Crippen molar-refractivity contribution in [3.8, 4) is 0 Å². The van der Waals surface area contributed by atoms with E-state index < -0.39 is 18.1 Å². The van der Waals surface area contributed by atoms with E-state index in [2.05, 4.69) is 32.1 Å². The van der Waals surface area contributed by atoms with Crippen molar-refractivity contribution in [3.05, 3.63) is 36.5 Å². The average molecular weight is 553 g/mol. The lowest BCUT2D eigenvalue weighted by Gasteiger charge is -2.31. The van der Waals surface area contributed by atoms with Gasteiger partial charge in [-0.15, -0.1) is 0 Å². The van der Waals surface area contributed by atoms with Crippen molar-refractivity contribution in [3.63, 3.8) is 0 Å². The molecule has 0 fully saturated rings. The van der Waals surface area contributed by atoms with Gasteiger partial charge in [-0.25, -0.2) is 4.79 Å². The molecule has 2 unspecified atom stereocenters. The molecule has 0 aliphatic carbocycles. The number of likely N-dealkylation sites (N-methyl/N-ethyl adjacent to an activating group) is 1. The van der Waals surface area contributed by atoms with Gasteiger partial charge in [0.25, 0.3) is 0 Å². The number of nitrogens with zero attached hydrogens (tertiary/aromatic N) is 1. The van der Waals surface area contributed by atoms with Crippen molar-refractivity contribution in [2.75, 3.05) is 41.0 Å². The summed E-state index contributed by atoms with van der Waals surface area (Å²) in [6.45, 7) is 4.38. The fourth-order valence-corrected chi connectivity index (χ4v) is 3.75. The molecule has 1 N–H and O–H groups in total. The van der Waals surface area contributed by atoms with Gasteiger partial charge >= 0.3 is 17.9 Å². The molecular weight excluding hydrogens is 498 g/mol. The number of hydrogen-bond acceptors (Lipinski definition) is 6. The molecule has 0 spiro atoms. The number of carboxylic acid groups (broad SMARTS) is 1. The van der Waals surface area contributed by atoms with Crippen LogP contribution in [0.3, 0.4) is 0 Å². The number of carbonyl (C=O) groups excluding carboxylic acids is 2. The minimum atomic E-state index is -0.892. The zero-order valence-electron chi connectivity index (χ0n) is 25.1. The predicted octanol–water partition coefficient (Wildman–Crippen LogP) is 6.01. The Balaban J connectivity index is 4.69. The van der Waals surface area contributed by atoms with Crippen molar-refractivity contribution in [1.29, 1.82) is 0 Å². The van der Waals surface area contributed by atoms with Gasteiger partial charge in [0.05, 0.1) is 34.4 Å². The molecule has 0 aromatic carbocycles. The maximum atomic E-state index is 12.4. The molecule has 224 valence electrons. The fraction of sp³-hybridized carbons (Fsp3) is 0.710. The topological polar surface area (TPSA) is 99.1 Å². The van der Waals surface area contributed by atoms with Crippen molar-refractivity contribution < 1.29 is 38.2 Å². The van der Waals surface area contributed by atoms with Crippen LogP contribution in [-0.4, -0.2) is 80.6 Å². The molecule has 0 saturated carbocycles. The highest BCUT2D eigenvalue weighted by Gasteiger charge is 2.31. The van der Waals surface area contributed by atoms with Crippen LogP contribution in [0.5, 0.6) is 0 Å². The van der Waals surface area contributed by atoms with Gasteiger partial charge in [-0.05, 0) is 38.5 Å². The Hall–Kier alpha value is -2.45. The van der Waals surface area contributed by atoms with Crippen molar-refractivity contribution in [1.82, 2.24) is 0 Å². The normalized spacial score (nSPS) is 13.8. The van der Waals surface area contributed by atoms with Crippen LogP contribution < -0.4 is 0 Å². The summed E-state index contributed by atoms with van der Waals surface area (Å²) in [6, 6.07) is -0.622. The Morgan fingerprint density at radius 1 is 0.795 bits per heavy atom. The summed E-state index contributed by atoms with van der Waals surface area (Å²) in [5, 5.41) is 9.49. The van der Waals surface area contributed by atoms with Crippen LogP contribution in [0.2, 0.25) is 0 Å². The zero-order valence-corrected chi connectivity index (χ0v) is 25.1. The minimum absolute atomic E-state index is 0.0272. The third-order valence-corrected chi connectivity index (χ3v) is 6.05. The first-order chi connectivity index (χ1) is 18.6. The lowest BCUT2D eigenvalue weighted by Crippen LogP contribution is -2.50. The number of rotatable bonds is 24. The van der Waals surface area contributed by atoms with Gasteiger partial charge in [0, 0.05) is 19.3 Å². The molecule has 0 aromatic heterocycles. The Kier molecular flexibility index (Phi) is 22.0. The summed E-state index contributed by atoms with van der Waals surface area (Å²) in [5.41, 5.74) is 0. The SMILES string of the molecule is CC/C=C/C/C=C/CCC(=O)OCC(COCCC(C(=O)O)[N+](C)(C)C)OC(=O)CC/C=C/CCCCCC. The highest BCUT2D eigenvalue weighted by molar-refractivity contribution is 5.72. The van der Waals surface area contributed by atoms with Gasteiger partial charge in [-0.1, -0.05) is 69.6 Å². The molecule has 0 amide bonds.